The predicted molar refractivity (Wildman–Crippen MR) is 79.3 cm³/mol. The van der Waals surface area contributed by atoms with Crippen LogP contribution in [-0.2, 0) is 7.05 Å². The van der Waals surface area contributed by atoms with Crippen LogP contribution >= 0.6 is 0 Å². The summed E-state index contributed by atoms with van der Waals surface area (Å²) >= 11 is 0. The minimum Gasteiger partial charge on any atom is -0.497 e. The molecule has 0 saturated heterocycles. The van der Waals surface area contributed by atoms with Gasteiger partial charge >= 0.3 is 0 Å². The molecule has 20 heavy (non-hydrogen) atoms. The first-order chi connectivity index (χ1) is 9.78. The Kier molecular flexibility index (Phi) is 3.25. The van der Waals surface area contributed by atoms with Gasteiger partial charge in [0.2, 0.25) is 5.52 Å². The van der Waals surface area contributed by atoms with Gasteiger partial charge in [-0.15, -0.1) is 0 Å². The van der Waals surface area contributed by atoms with Crippen molar-refractivity contribution in [1.29, 1.82) is 0 Å². The first-order valence-electron chi connectivity index (χ1n) is 6.46. The Morgan fingerprint density at radius 3 is 2.80 bits per heavy atom. The predicted octanol–water partition coefficient (Wildman–Crippen LogP) is 3.44. The summed E-state index contributed by atoms with van der Waals surface area (Å²) in [6.45, 7) is 0. The van der Waals surface area contributed by atoms with E-state index in [0.29, 0.717) is 0 Å². The van der Waals surface area contributed by atoms with E-state index in [1.807, 2.05) is 31.3 Å². The van der Waals surface area contributed by atoms with Crippen molar-refractivity contribution in [3.63, 3.8) is 0 Å². The van der Waals surface area contributed by atoms with E-state index in [1.165, 1.54) is 0 Å². The van der Waals surface area contributed by atoms with Crippen LogP contribution < -0.4 is 9.30 Å². The van der Waals surface area contributed by atoms with E-state index < -0.39 is 0 Å². The molecule has 0 fully saturated rings. The van der Waals surface area contributed by atoms with Crippen molar-refractivity contribution in [3.8, 4) is 5.75 Å². The summed E-state index contributed by atoms with van der Waals surface area (Å²) < 4.78 is 12.7. The number of fused-ring (bicyclic) bond motifs is 1. The highest BCUT2D eigenvalue weighted by atomic mass is 16.5. The molecule has 0 amide bonds. The Labute approximate surface area is 117 Å². The van der Waals surface area contributed by atoms with Crippen LogP contribution in [-0.4, -0.2) is 7.11 Å². The van der Waals surface area contributed by atoms with E-state index in [0.717, 1.165) is 28.0 Å². The van der Waals surface area contributed by atoms with Gasteiger partial charge < -0.3 is 9.15 Å². The number of methoxy groups -OCH3 is 1. The number of nitrogens with zero attached hydrogens (tertiary/aromatic N) is 1. The second kappa shape index (κ2) is 5.21. The number of aryl methyl sites for hydroxylation is 1. The van der Waals surface area contributed by atoms with Gasteiger partial charge in [-0.05, 0) is 35.9 Å². The molecule has 0 unspecified atom stereocenters. The lowest BCUT2D eigenvalue weighted by atomic mass is 10.1. The standard InChI is InChI=1S/C17H16NO2/c1-18-10-9-13(5-6-14-4-3-11-20-14)16-12-15(19-2)7-8-17(16)18/h3-12H,1-2H3/q+1/b6-5+. The molecule has 0 aliphatic carbocycles. The lowest BCUT2D eigenvalue weighted by molar-refractivity contribution is -0.644. The van der Waals surface area contributed by atoms with Gasteiger partial charge in [-0.3, -0.25) is 0 Å². The zero-order chi connectivity index (χ0) is 13.9. The molecule has 0 spiro atoms. The van der Waals surface area contributed by atoms with Crippen LogP contribution in [0.25, 0.3) is 23.1 Å². The molecule has 0 saturated carbocycles. The van der Waals surface area contributed by atoms with Crippen molar-refractivity contribution in [2.24, 2.45) is 7.05 Å². The smallest absolute Gasteiger partial charge is 0.213 e. The Morgan fingerprint density at radius 1 is 1.15 bits per heavy atom. The Morgan fingerprint density at radius 2 is 2.05 bits per heavy atom. The van der Waals surface area contributed by atoms with Gasteiger partial charge in [-0.25, -0.2) is 4.57 Å². The molecule has 0 bridgehead atoms. The van der Waals surface area contributed by atoms with Crippen molar-refractivity contribution in [3.05, 3.63) is 60.2 Å². The molecular formula is C17H16NO2+. The van der Waals surface area contributed by atoms with Gasteiger partial charge in [0.15, 0.2) is 6.20 Å². The molecule has 2 aromatic heterocycles. The van der Waals surface area contributed by atoms with Crippen LogP contribution in [0.1, 0.15) is 11.3 Å². The summed E-state index contributed by atoms with van der Waals surface area (Å²) in [5.74, 6) is 1.70. The molecular weight excluding hydrogens is 250 g/mol. The van der Waals surface area contributed by atoms with Crippen LogP contribution in [0, 0.1) is 0 Å². The van der Waals surface area contributed by atoms with Gasteiger partial charge in [-0.1, -0.05) is 6.08 Å². The Bertz CT molecular complexity index is 758. The zero-order valence-corrected chi connectivity index (χ0v) is 11.5. The highest BCUT2D eigenvalue weighted by Crippen LogP contribution is 2.23. The molecule has 3 heteroatoms. The maximum Gasteiger partial charge on any atom is 0.213 e. The second-order valence-electron chi connectivity index (χ2n) is 4.61. The highest BCUT2D eigenvalue weighted by Gasteiger charge is 2.09. The van der Waals surface area contributed by atoms with Gasteiger partial charge in [0.1, 0.15) is 18.6 Å². The fraction of sp³-hybridized carbons (Fsp3) is 0.118. The van der Waals surface area contributed by atoms with E-state index >= 15 is 0 Å². The van der Waals surface area contributed by atoms with Gasteiger partial charge in [0.05, 0.1) is 18.8 Å². The number of furan rings is 1. The largest absolute Gasteiger partial charge is 0.497 e. The summed E-state index contributed by atoms with van der Waals surface area (Å²) in [5.41, 5.74) is 2.29. The molecule has 3 nitrogen and oxygen atoms in total. The first kappa shape index (κ1) is 12.5. The molecule has 0 radical (unpaired) electrons. The maximum atomic E-state index is 5.32. The van der Waals surface area contributed by atoms with Crippen LogP contribution in [0.15, 0.2) is 53.3 Å². The molecule has 3 aromatic rings. The summed E-state index contributed by atoms with van der Waals surface area (Å²) in [4.78, 5) is 0. The third kappa shape index (κ3) is 2.30. The summed E-state index contributed by atoms with van der Waals surface area (Å²) in [7, 11) is 3.72. The van der Waals surface area contributed by atoms with E-state index in [9.17, 15) is 0 Å². The van der Waals surface area contributed by atoms with Crippen molar-refractivity contribution in [2.75, 3.05) is 7.11 Å². The number of ether oxygens (including phenoxy) is 1. The molecule has 3 rings (SSSR count). The van der Waals surface area contributed by atoms with Crippen molar-refractivity contribution in [2.45, 2.75) is 0 Å². The normalized spacial score (nSPS) is 11.3. The third-order valence-corrected chi connectivity index (χ3v) is 3.34. The number of hydrogen-bond donors (Lipinski definition) is 0. The first-order valence-corrected chi connectivity index (χ1v) is 6.46. The molecule has 100 valence electrons. The number of aromatic nitrogens is 1. The number of benzene rings is 1. The fourth-order valence-electron chi connectivity index (χ4n) is 2.25. The topological polar surface area (TPSA) is 26.2 Å². The van der Waals surface area contributed by atoms with Crippen molar-refractivity contribution in [1.82, 2.24) is 0 Å². The van der Waals surface area contributed by atoms with Crippen molar-refractivity contribution < 1.29 is 13.7 Å². The lowest BCUT2D eigenvalue weighted by Gasteiger charge is -2.04. The number of rotatable bonds is 3. The van der Waals surface area contributed by atoms with Crippen molar-refractivity contribution >= 4 is 23.1 Å². The van der Waals surface area contributed by atoms with Gasteiger partial charge in [0, 0.05) is 12.1 Å². The van der Waals surface area contributed by atoms with E-state index in [-0.39, 0.29) is 0 Å². The Balaban J connectivity index is 2.12. The average molecular weight is 266 g/mol. The summed E-state index contributed by atoms with van der Waals surface area (Å²) in [6, 6.07) is 12.0. The minimum absolute atomic E-state index is 0.842. The van der Waals surface area contributed by atoms with E-state index in [2.05, 4.69) is 35.0 Å². The number of pyridine rings is 1. The van der Waals surface area contributed by atoms with Crippen LogP contribution in [0.2, 0.25) is 0 Å². The molecule has 1 aromatic carbocycles. The van der Waals surface area contributed by atoms with Gasteiger partial charge in [-0.2, -0.15) is 0 Å². The quantitative estimate of drug-likeness (QED) is 0.679. The molecule has 0 atom stereocenters. The summed E-state index contributed by atoms with van der Waals surface area (Å²) in [5, 5.41) is 1.15. The Hall–Kier alpha value is -2.55. The van der Waals surface area contributed by atoms with E-state index in [4.69, 9.17) is 9.15 Å². The molecule has 0 aliphatic heterocycles. The molecule has 2 heterocycles. The van der Waals surface area contributed by atoms with Crippen LogP contribution in [0.4, 0.5) is 0 Å². The zero-order valence-electron chi connectivity index (χ0n) is 11.5. The minimum atomic E-state index is 0.842. The molecule has 0 N–H and O–H groups in total. The lowest BCUT2D eigenvalue weighted by Crippen LogP contribution is -2.28. The average Bonchev–Trinajstić information content (AvgIpc) is 2.99. The fourth-order valence-corrected chi connectivity index (χ4v) is 2.25. The highest BCUT2D eigenvalue weighted by molar-refractivity contribution is 5.89. The van der Waals surface area contributed by atoms with Gasteiger partial charge in [0.25, 0.3) is 0 Å². The van der Waals surface area contributed by atoms with E-state index in [1.54, 1.807) is 13.4 Å². The SMILES string of the molecule is COc1ccc2c(c1)c(/C=C/c1ccco1)cc[n+]2C. The van der Waals surface area contributed by atoms with Crippen LogP contribution in [0.3, 0.4) is 0 Å². The summed E-state index contributed by atoms with van der Waals surface area (Å²) in [6.07, 6.45) is 7.75. The second-order valence-corrected chi connectivity index (χ2v) is 4.61. The van der Waals surface area contributed by atoms with Crippen LogP contribution in [0.5, 0.6) is 5.75 Å². The monoisotopic (exact) mass is 266 g/mol. The third-order valence-electron chi connectivity index (χ3n) is 3.34. The maximum absolute atomic E-state index is 5.32. The number of hydrogen-bond acceptors (Lipinski definition) is 2. The molecule has 0 aliphatic rings.